The molecule has 0 saturated carbocycles. The molecular formula is C14H22N4O2. The predicted molar refractivity (Wildman–Crippen MR) is 76.7 cm³/mol. The van der Waals surface area contributed by atoms with Gasteiger partial charge in [-0.2, -0.15) is 0 Å². The highest BCUT2D eigenvalue weighted by atomic mass is 16.5. The van der Waals surface area contributed by atoms with Gasteiger partial charge in [0.15, 0.2) is 0 Å². The number of rotatable bonds is 5. The van der Waals surface area contributed by atoms with Gasteiger partial charge in [0.25, 0.3) is 5.91 Å². The second-order valence-electron chi connectivity index (χ2n) is 5.06. The number of hydrogen-bond donors (Lipinski definition) is 1. The van der Waals surface area contributed by atoms with Crippen molar-refractivity contribution in [1.82, 2.24) is 14.9 Å². The van der Waals surface area contributed by atoms with Crippen LogP contribution in [0.1, 0.15) is 30.3 Å². The number of aromatic nitrogens is 2. The summed E-state index contributed by atoms with van der Waals surface area (Å²) < 4.78 is 5.33. The normalized spacial score (nSPS) is 15.9. The fourth-order valence-corrected chi connectivity index (χ4v) is 2.33. The lowest BCUT2D eigenvalue weighted by atomic mass is 10.00. The van der Waals surface area contributed by atoms with E-state index in [0.717, 1.165) is 39.1 Å². The minimum Gasteiger partial charge on any atom is -0.381 e. The van der Waals surface area contributed by atoms with Crippen LogP contribution in [0.2, 0.25) is 0 Å². The highest BCUT2D eigenvalue weighted by Gasteiger charge is 2.20. The molecule has 1 aromatic heterocycles. The number of anilines is 1. The van der Waals surface area contributed by atoms with Crippen LogP contribution in [0.25, 0.3) is 0 Å². The zero-order valence-electron chi connectivity index (χ0n) is 12.1. The van der Waals surface area contributed by atoms with Crippen molar-refractivity contribution in [3.8, 4) is 0 Å². The van der Waals surface area contributed by atoms with E-state index in [0.29, 0.717) is 17.4 Å². The van der Waals surface area contributed by atoms with Gasteiger partial charge in [-0.25, -0.2) is 4.98 Å². The minimum absolute atomic E-state index is 0.0799. The first-order chi connectivity index (χ1) is 9.70. The second-order valence-corrected chi connectivity index (χ2v) is 5.06. The molecule has 1 aliphatic heterocycles. The Bertz CT molecular complexity index is 447. The third kappa shape index (κ3) is 3.90. The Labute approximate surface area is 119 Å². The molecule has 2 rings (SSSR count). The van der Waals surface area contributed by atoms with E-state index >= 15 is 0 Å². The Morgan fingerprint density at radius 1 is 1.45 bits per heavy atom. The zero-order valence-corrected chi connectivity index (χ0v) is 12.1. The summed E-state index contributed by atoms with van der Waals surface area (Å²) >= 11 is 0. The molecule has 20 heavy (non-hydrogen) atoms. The highest BCUT2D eigenvalue weighted by molar-refractivity contribution is 5.92. The largest absolute Gasteiger partial charge is 0.381 e. The number of amides is 1. The average Bonchev–Trinajstić information content (AvgIpc) is 2.48. The Morgan fingerprint density at radius 2 is 2.20 bits per heavy atom. The van der Waals surface area contributed by atoms with E-state index in [-0.39, 0.29) is 5.91 Å². The minimum atomic E-state index is -0.0799. The van der Waals surface area contributed by atoms with Crippen LogP contribution >= 0.6 is 0 Å². The van der Waals surface area contributed by atoms with Crippen LogP contribution in [-0.4, -0.2) is 54.1 Å². The molecular weight excluding hydrogens is 256 g/mol. The SMILES string of the molecule is CCNc1cncc(C(=O)N(C)CC2CCOCC2)n1. The molecule has 0 atom stereocenters. The van der Waals surface area contributed by atoms with Gasteiger partial charge in [-0.15, -0.1) is 0 Å². The Kier molecular flexibility index (Phi) is 5.29. The van der Waals surface area contributed by atoms with E-state index in [1.807, 2.05) is 14.0 Å². The van der Waals surface area contributed by atoms with E-state index < -0.39 is 0 Å². The van der Waals surface area contributed by atoms with Gasteiger partial charge in [-0.05, 0) is 25.7 Å². The summed E-state index contributed by atoms with van der Waals surface area (Å²) in [5.74, 6) is 1.07. The van der Waals surface area contributed by atoms with Crippen molar-refractivity contribution in [3.63, 3.8) is 0 Å². The molecule has 0 aliphatic carbocycles. The van der Waals surface area contributed by atoms with E-state index in [9.17, 15) is 4.79 Å². The molecule has 1 N–H and O–H groups in total. The summed E-state index contributed by atoms with van der Waals surface area (Å²) in [7, 11) is 1.82. The summed E-state index contributed by atoms with van der Waals surface area (Å²) in [6.45, 7) is 5.07. The summed E-state index contributed by atoms with van der Waals surface area (Å²) in [5.41, 5.74) is 0.387. The van der Waals surface area contributed by atoms with E-state index in [4.69, 9.17) is 4.74 Å². The molecule has 110 valence electrons. The monoisotopic (exact) mass is 278 g/mol. The number of carbonyl (C=O) groups excluding carboxylic acids is 1. The number of hydrogen-bond acceptors (Lipinski definition) is 5. The van der Waals surface area contributed by atoms with Crippen molar-refractivity contribution in [1.29, 1.82) is 0 Å². The Balaban J connectivity index is 1.96. The van der Waals surface area contributed by atoms with Gasteiger partial charge in [0.2, 0.25) is 0 Å². The van der Waals surface area contributed by atoms with E-state index in [1.54, 1.807) is 11.1 Å². The van der Waals surface area contributed by atoms with Crippen LogP contribution in [0.4, 0.5) is 5.82 Å². The fraction of sp³-hybridized carbons (Fsp3) is 0.643. The lowest BCUT2D eigenvalue weighted by Crippen LogP contribution is -2.34. The number of ether oxygens (including phenoxy) is 1. The Hall–Kier alpha value is -1.69. The van der Waals surface area contributed by atoms with Gasteiger partial charge in [0.1, 0.15) is 11.5 Å². The molecule has 1 aromatic rings. The van der Waals surface area contributed by atoms with Crippen molar-refractivity contribution in [3.05, 3.63) is 18.1 Å². The van der Waals surface area contributed by atoms with Gasteiger partial charge < -0.3 is 15.0 Å². The quantitative estimate of drug-likeness (QED) is 0.882. The maximum absolute atomic E-state index is 12.3. The topological polar surface area (TPSA) is 67.4 Å². The first-order valence-electron chi connectivity index (χ1n) is 7.09. The third-order valence-corrected chi connectivity index (χ3v) is 3.43. The first-order valence-corrected chi connectivity index (χ1v) is 7.09. The molecule has 2 heterocycles. The molecule has 0 aromatic carbocycles. The van der Waals surface area contributed by atoms with Crippen molar-refractivity contribution in [2.45, 2.75) is 19.8 Å². The molecule has 1 fully saturated rings. The summed E-state index contributed by atoms with van der Waals surface area (Å²) in [4.78, 5) is 22.4. The number of carbonyl (C=O) groups is 1. The fourth-order valence-electron chi connectivity index (χ4n) is 2.33. The van der Waals surface area contributed by atoms with Crippen LogP contribution in [0, 0.1) is 5.92 Å². The highest BCUT2D eigenvalue weighted by Crippen LogP contribution is 2.16. The van der Waals surface area contributed by atoms with Crippen molar-refractivity contribution in [2.75, 3.05) is 38.7 Å². The van der Waals surface area contributed by atoms with Gasteiger partial charge in [-0.3, -0.25) is 9.78 Å². The maximum Gasteiger partial charge on any atom is 0.273 e. The number of nitrogens with zero attached hydrogens (tertiary/aromatic N) is 3. The molecule has 1 aliphatic rings. The summed E-state index contributed by atoms with van der Waals surface area (Å²) in [6, 6.07) is 0. The molecule has 0 bridgehead atoms. The molecule has 0 radical (unpaired) electrons. The van der Waals surface area contributed by atoms with Crippen molar-refractivity contribution < 1.29 is 9.53 Å². The molecule has 6 heteroatoms. The lowest BCUT2D eigenvalue weighted by Gasteiger charge is -2.27. The standard InChI is InChI=1S/C14H22N4O2/c1-3-16-13-9-15-8-12(17-13)14(19)18(2)10-11-4-6-20-7-5-11/h8-9,11H,3-7,10H2,1-2H3,(H,16,17). The van der Waals surface area contributed by atoms with Crippen LogP contribution in [0.5, 0.6) is 0 Å². The molecule has 0 spiro atoms. The molecule has 0 unspecified atom stereocenters. The van der Waals surface area contributed by atoms with E-state index in [1.165, 1.54) is 6.20 Å². The van der Waals surface area contributed by atoms with Crippen LogP contribution in [-0.2, 0) is 4.74 Å². The lowest BCUT2D eigenvalue weighted by molar-refractivity contribution is 0.0495. The van der Waals surface area contributed by atoms with Crippen LogP contribution in [0.3, 0.4) is 0 Å². The van der Waals surface area contributed by atoms with Gasteiger partial charge in [0.05, 0.1) is 12.4 Å². The van der Waals surface area contributed by atoms with Gasteiger partial charge >= 0.3 is 0 Å². The first kappa shape index (κ1) is 14.7. The molecule has 1 amide bonds. The third-order valence-electron chi connectivity index (χ3n) is 3.43. The van der Waals surface area contributed by atoms with Crippen LogP contribution in [0.15, 0.2) is 12.4 Å². The molecule has 1 saturated heterocycles. The van der Waals surface area contributed by atoms with Gasteiger partial charge in [0, 0.05) is 33.4 Å². The van der Waals surface area contributed by atoms with Crippen molar-refractivity contribution in [2.24, 2.45) is 5.92 Å². The predicted octanol–water partition coefficient (Wildman–Crippen LogP) is 1.41. The number of nitrogens with one attached hydrogen (secondary N) is 1. The van der Waals surface area contributed by atoms with Crippen molar-refractivity contribution >= 4 is 11.7 Å². The smallest absolute Gasteiger partial charge is 0.273 e. The Morgan fingerprint density at radius 3 is 2.90 bits per heavy atom. The van der Waals surface area contributed by atoms with Crippen LogP contribution < -0.4 is 5.32 Å². The summed E-state index contributed by atoms with van der Waals surface area (Å²) in [6.07, 6.45) is 5.17. The second kappa shape index (κ2) is 7.19. The van der Waals surface area contributed by atoms with Gasteiger partial charge in [-0.1, -0.05) is 0 Å². The van der Waals surface area contributed by atoms with E-state index in [2.05, 4.69) is 15.3 Å². The maximum atomic E-state index is 12.3. The molecule has 6 nitrogen and oxygen atoms in total. The summed E-state index contributed by atoms with van der Waals surface area (Å²) in [5, 5.41) is 3.06. The zero-order chi connectivity index (χ0) is 14.4. The average molecular weight is 278 g/mol.